The zero-order valence-corrected chi connectivity index (χ0v) is 10.9. The van der Waals surface area contributed by atoms with Crippen molar-refractivity contribution in [2.24, 2.45) is 5.92 Å². The lowest BCUT2D eigenvalue weighted by molar-refractivity contribution is -0.383. The Morgan fingerprint density at radius 1 is 1.58 bits per heavy atom. The van der Waals surface area contributed by atoms with Crippen LogP contribution in [0.3, 0.4) is 0 Å². The van der Waals surface area contributed by atoms with Gasteiger partial charge in [0.05, 0.1) is 11.5 Å². The zero-order chi connectivity index (χ0) is 14.4. The van der Waals surface area contributed by atoms with Gasteiger partial charge < -0.3 is 15.8 Å². The van der Waals surface area contributed by atoms with Gasteiger partial charge in [-0.25, -0.2) is 0 Å². The van der Waals surface area contributed by atoms with Crippen LogP contribution in [0.15, 0.2) is 18.2 Å². The lowest BCUT2D eigenvalue weighted by atomic mass is 10.1. The van der Waals surface area contributed by atoms with E-state index in [0.29, 0.717) is 18.7 Å². The highest BCUT2D eigenvalue weighted by molar-refractivity contribution is 5.95. The first-order valence-corrected chi connectivity index (χ1v) is 5.76. The summed E-state index contributed by atoms with van der Waals surface area (Å²) < 4.78 is 4.96. The molecular weight excluding hydrogens is 250 g/mol. The molecule has 1 aromatic rings. The van der Waals surface area contributed by atoms with Gasteiger partial charge in [0, 0.05) is 25.3 Å². The van der Waals surface area contributed by atoms with Crippen LogP contribution in [0.2, 0.25) is 0 Å². The summed E-state index contributed by atoms with van der Waals surface area (Å²) in [5, 5.41) is 13.3. The highest BCUT2D eigenvalue weighted by Crippen LogP contribution is 2.21. The predicted octanol–water partition coefficient (Wildman–Crippen LogP) is 1.19. The molecule has 0 saturated heterocycles. The smallest absolute Gasteiger partial charge is 0.292 e. The first-order valence-electron chi connectivity index (χ1n) is 5.76. The standard InChI is InChI=1S/C12H17N3O4/c1-8(7-19-2)6-14-12(16)9-3-4-11(15(17)18)10(13)5-9/h3-5,8H,6-7,13H2,1-2H3,(H,14,16). The number of hydrogen-bond acceptors (Lipinski definition) is 5. The Morgan fingerprint density at radius 3 is 2.79 bits per heavy atom. The van der Waals surface area contributed by atoms with Crippen LogP contribution in [0, 0.1) is 16.0 Å². The molecule has 1 unspecified atom stereocenters. The van der Waals surface area contributed by atoms with Gasteiger partial charge in [0.25, 0.3) is 11.6 Å². The third-order valence-electron chi connectivity index (χ3n) is 2.55. The number of nitrogens with zero attached hydrogens (tertiary/aromatic N) is 1. The van der Waals surface area contributed by atoms with E-state index in [4.69, 9.17) is 10.5 Å². The van der Waals surface area contributed by atoms with Crippen LogP contribution in [-0.2, 0) is 4.74 Å². The summed E-state index contributed by atoms with van der Waals surface area (Å²) in [6.45, 7) is 2.94. The molecular formula is C12H17N3O4. The highest BCUT2D eigenvalue weighted by atomic mass is 16.6. The molecule has 0 aliphatic carbocycles. The third kappa shape index (κ3) is 4.22. The highest BCUT2D eigenvalue weighted by Gasteiger charge is 2.14. The molecule has 1 atom stereocenters. The predicted molar refractivity (Wildman–Crippen MR) is 70.9 cm³/mol. The van der Waals surface area contributed by atoms with Crippen LogP contribution in [0.4, 0.5) is 11.4 Å². The number of carbonyl (C=O) groups excluding carboxylic acids is 1. The van der Waals surface area contributed by atoms with Gasteiger partial charge in [-0.05, 0) is 18.1 Å². The second-order valence-corrected chi connectivity index (χ2v) is 4.30. The minimum absolute atomic E-state index is 0.0254. The molecule has 0 bridgehead atoms. The van der Waals surface area contributed by atoms with Crippen LogP contribution < -0.4 is 11.1 Å². The Kier molecular flexibility index (Phi) is 5.25. The number of nitro groups is 1. The van der Waals surface area contributed by atoms with E-state index in [0.717, 1.165) is 0 Å². The van der Waals surface area contributed by atoms with Crippen LogP contribution in [0.1, 0.15) is 17.3 Å². The topological polar surface area (TPSA) is 107 Å². The average Bonchev–Trinajstić information content (AvgIpc) is 2.35. The summed E-state index contributed by atoms with van der Waals surface area (Å²) in [4.78, 5) is 21.8. The summed E-state index contributed by atoms with van der Waals surface area (Å²) in [7, 11) is 1.59. The molecule has 0 radical (unpaired) electrons. The van der Waals surface area contributed by atoms with Gasteiger partial charge in [0.2, 0.25) is 0 Å². The molecule has 0 heterocycles. The largest absolute Gasteiger partial charge is 0.393 e. The molecule has 7 nitrogen and oxygen atoms in total. The normalized spacial score (nSPS) is 11.9. The Morgan fingerprint density at radius 2 is 2.26 bits per heavy atom. The molecule has 104 valence electrons. The van der Waals surface area contributed by atoms with Crippen LogP contribution >= 0.6 is 0 Å². The van der Waals surface area contributed by atoms with Gasteiger partial charge in [0.15, 0.2) is 0 Å². The molecule has 19 heavy (non-hydrogen) atoms. The Labute approximate surface area is 110 Å². The third-order valence-corrected chi connectivity index (χ3v) is 2.55. The van der Waals surface area contributed by atoms with Crippen molar-refractivity contribution in [3.05, 3.63) is 33.9 Å². The molecule has 1 amide bonds. The average molecular weight is 267 g/mol. The maximum absolute atomic E-state index is 11.8. The summed E-state index contributed by atoms with van der Waals surface area (Å²) in [5.41, 5.74) is 5.59. The molecule has 0 saturated carbocycles. The van der Waals surface area contributed by atoms with Crippen molar-refractivity contribution in [1.82, 2.24) is 5.32 Å². The van der Waals surface area contributed by atoms with E-state index in [1.165, 1.54) is 18.2 Å². The molecule has 3 N–H and O–H groups in total. The molecule has 1 aromatic carbocycles. The Bertz CT molecular complexity index is 476. The van der Waals surface area contributed by atoms with Crippen molar-refractivity contribution in [3.8, 4) is 0 Å². The number of anilines is 1. The zero-order valence-electron chi connectivity index (χ0n) is 10.9. The van der Waals surface area contributed by atoms with Crippen LogP contribution in [-0.4, -0.2) is 31.1 Å². The summed E-state index contributed by atoms with van der Waals surface area (Å²) in [6, 6.07) is 3.90. The number of benzene rings is 1. The van der Waals surface area contributed by atoms with E-state index in [1.54, 1.807) is 7.11 Å². The number of ether oxygens (including phenoxy) is 1. The van der Waals surface area contributed by atoms with Gasteiger partial charge in [-0.1, -0.05) is 6.92 Å². The number of amides is 1. The van der Waals surface area contributed by atoms with E-state index in [2.05, 4.69) is 5.32 Å². The SMILES string of the molecule is COCC(C)CNC(=O)c1ccc([N+](=O)[O-])c(N)c1. The van der Waals surface area contributed by atoms with Crippen molar-refractivity contribution in [2.45, 2.75) is 6.92 Å². The van der Waals surface area contributed by atoms with Crippen molar-refractivity contribution in [3.63, 3.8) is 0 Å². The summed E-state index contributed by atoms with van der Waals surface area (Å²) in [5.74, 6) is -0.131. The minimum atomic E-state index is -0.586. The number of nitrogens with one attached hydrogen (secondary N) is 1. The summed E-state index contributed by atoms with van der Waals surface area (Å²) >= 11 is 0. The number of rotatable bonds is 6. The number of nitro benzene ring substituents is 1. The second kappa shape index (κ2) is 6.69. The first kappa shape index (κ1) is 14.9. The van der Waals surface area contributed by atoms with E-state index in [-0.39, 0.29) is 23.2 Å². The van der Waals surface area contributed by atoms with Crippen LogP contribution in [0.25, 0.3) is 0 Å². The van der Waals surface area contributed by atoms with Crippen molar-refractivity contribution in [2.75, 3.05) is 26.0 Å². The number of hydrogen-bond donors (Lipinski definition) is 2. The maximum atomic E-state index is 11.8. The number of nitrogens with two attached hydrogens (primary N) is 1. The molecule has 0 fully saturated rings. The molecule has 0 spiro atoms. The molecule has 0 aliphatic rings. The number of methoxy groups -OCH3 is 1. The van der Waals surface area contributed by atoms with Gasteiger partial charge in [-0.2, -0.15) is 0 Å². The van der Waals surface area contributed by atoms with Crippen molar-refractivity contribution in [1.29, 1.82) is 0 Å². The fraction of sp³-hybridized carbons (Fsp3) is 0.417. The van der Waals surface area contributed by atoms with Gasteiger partial charge in [-0.15, -0.1) is 0 Å². The number of carbonyl (C=O) groups is 1. The first-order chi connectivity index (χ1) is 8.95. The number of nitrogen functional groups attached to an aromatic ring is 1. The maximum Gasteiger partial charge on any atom is 0.292 e. The lowest BCUT2D eigenvalue weighted by Crippen LogP contribution is -2.29. The van der Waals surface area contributed by atoms with Crippen molar-refractivity contribution >= 4 is 17.3 Å². The lowest BCUT2D eigenvalue weighted by Gasteiger charge is -2.11. The van der Waals surface area contributed by atoms with E-state index in [1.807, 2.05) is 6.92 Å². The van der Waals surface area contributed by atoms with Crippen molar-refractivity contribution < 1.29 is 14.5 Å². The van der Waals surface area contributed by atoms with E-state index in [9.17, 15) is 14.9 Å². The molecule has 0 aliphatic heterocycles. The fourth-order valence-corrected chi connectivity index (χ4v) is 1.57. The fourth-order valence-electron chi connectivity index (χ4n) is 1.57. The molecule has 1 rings (SSSR count). The Hall–Kier alpha value is -2.15. The van der Waals surface area contributed by atoms with E-state index < -0.39 is 4.92 Å². The summed E-state index contributed by atoms with van der Waals surface area (Å²) in [6.07, 6.45) is 0. The van der Waals surface area contributed by atoms with Crippen LogP contribution in [0.5, 0.6) is 0 Å². The molecule has 7 heteroatoms. The monoisotopic (exact) mass is 267 g/mol. The molecule has 0 aromatic heterocycles. The Balaban J connectivity index is 2.68. The van der Waals surface area contributed by atoms with Gasteiger partial charge in [0.1, 0.15) is 5.69 Å². The van der Waals surface area contributed by atoms with E-state index >= 15 is 0 Å². The van der Waals surface area contributed by atoms with Gasteiger partial charge in [-0.3, -0.25) is 14.9 Å². The van der Waals surface area contributed by atoms with Gasteiger partial charge >= 0.3 is 0 Å². The second-order valence-electron chi connectivity index (χ2n) is 4.30. The minimum Gasteiger partial charge on any atom is -0.393 e. The quantitative estimate of drug-likeness (QED) is 0.457.